The Morgan fingerprint density at radius 1 is 1.00 bits per heavy atom. The molecular weight excluding hydrogens is 158 g/mol. The second-order valence-corrected chi connectivity index (χ2v) is 3.35. The van der Waals surface area contributed by atoms with E-state index in [0.717, 1.165) is 6.42 Å². The Hall–Kier alpha value is -1.50. The van der Waals surface area contributed by atoms with Crippen LogP contribution in [0.4, 0.5) is 0 Å². The molecule has 1 nitrogen and oxygen atoms in total. The third kappa shape index (κ3) is 2.00. The molecule has 0 aliphatic heterocycles. The normalized spacial score (nSPS) is 10.2. The lowest BCUT2D eigenvalue weighted by Crippen LogP contribution is -1.85. The molecule has 0 radical (unpaired) electrons. The van der Waals surface area contributed by atoms with Crippen LogP contribution in [0.5, 0.6) is 0 Å². The first-order valence-corrected chi connectivity index (χ1v) is 4.49. The number of aryl methyl sites for hydroxylation is 1. The minimum absolute atomic E-state index is 1.03. The molecule has 0 aliphatic rings. The van der Waals surface area contributed by atoms with Crippen LogP contribution >= 0.6 is 0 Å². The van der Waals surface area contributed by atoms with E-state index < -0.39 is 0 Å². The maximum absolute atomic E-state index is 2.16. The van der Waals surface area contributed by atoms with Crippen LogP contribution in [0.1, 0.15) is 11.1 Å². The van der Waals surface area contributed by atoms with Crippen molar-refractivity contribution in [2.24, 2.45) is 7.05 Å². The summed E-state index contributed by atoms with van der Waals surface area (Å²) in [6.07, 6.45) is 5.27. The fourth-order valence-electron chi connectivity index (χ4n) is 1.50. The number of aromatic nitrogens is 1. The monoisotopic (exact) mass is 171 g/mol. The third-order valence-corrected chi connectivity index (χ3v) is 2.14. The van der Waals surface area contributed by atoms with Crippen molar-refractivity contribution in [3.05, 3.63) is 59.9 Å². The Labute approximate surface area is 78.6 Å². The van der Waals surface area contributed by atoms with Gasteiger partial charge in [-0.25, -0.2) is 0 Å². The topological polar surface area (TPSA) is 4.93 Å². The fraction of sp³-hybridized carbons (Fsp3) is 0.167. The zero-order valence-corrected chi connectivity index (χ0v) is 7.77. The number of benzene rings is 1. The molecule has 0 bridgehead atoms. The molecule has 13 heavy (non-hydrogen) atoms. The number of hydrogen-bond acceptors (Lipinski definition) is 0. The summed E-state index contributed by atoms with van der Waals surface area (Å²) in [7, 11) is 2.05. The van der Waals surface area contributed by atoms with Crippen molar-refractivity contribution in [3.63, 3.8) is 0 Å². The number of hydrogen-bond donors (Lipinski definition) is 0. The highest BCUT2D eigenvalue weighted by Crippen LogP contribution is 2.08. The first kappa shape index (κ1) is 8.11. The Morgan fingerprint density at radius 2 is 1.77 bits per heavy atom. The van der Waals surface area contributed by atoms with Gasteiger partial charge < -0.3 is 4.57 Å². The highest BCUT2D eigenvalue weighted by Gasteiger charge is 1.95. The summed E-state index contributed by atoms with van der Waals surface area (Å²) < 4.78 is 2.08. The zero-order chi connectivity index (χ0) is 9.10. The molecule has 0 unspecified atom stereocenters. The number of nitrogens with zero attached hydrogens (tertiary/aromatic N) is 1. The van der Waals surface area contributed by atoms with Crippen LogP contribution in [-0.4, -0.2) is 4.57 Å². The summed E-state index contributed by atoms with van der Waals surface area (Å²) in [5.74, 6) is 0. The molecule has 0 N–H and O–H groups in total. The van der Waals surface area contributed by atoms with Gasteiger partial charge in [0, 0.05) is 19.4 Å². The van der Waals surface area contributed by atoms with Gasteiger partial charge in [0.25, 0.3) is 0 Å². The smallest absolute Gasteiger partial charge is 0.0106 e. The van der Waals surface area contributed by atoms with E-state index in [2.05, 4.69) is 60.4 Å². The van der Waals surface area contributed by atoms with Gasteiger partial charge in [0.05, 0.1) is 0 Å². The quantitative estimate of drug-likeness (QED) is 0.654. The SMILES string of the molecule is Cn1ccc(Cc2ccccc2)c1. The van der Waals surface area contributed by atoms with Crippen molar-refractivity contribution in [3.8, 4) is 0 Å². The van der Waals surface area contributed by atoms with E-state index in [1.165, 1.54) is 11.1 Å². The molecule has 1 aromatic carbocycles. The molecule has 66 valence electrons. The van der Waals surface area contributed by atoms with Gasteiger partial charge in [0.1, 0.15) is 0 Å². The first-order chi connectivity index (χ1) is 6.34. The van der Waals surface area contributed by atoms with E-state index in [0.29, 0.717) is 0 Å². The van der Waals surface area contributed by atoms with Gasteiger partial charge in [-0.05, 0) is 23.6 Å². The lowest BCUT2D eigenvalue weighted by Gasteiger charge is -1.97. The molecule has 0 spiro atoms. The summed E-state index contributed by atoms with van der Waals surface area (Å²) in [5.41, 5.74) is 2.74. The highest BCUT2D eigenvalue weighted by atomic mass is 14.9. The van der Waals surface area contributed by atoms with Crippen molar-refractivity contribution in [2.45, 2.75) is 6.42 Å². The van der Waals surface area contributed by atoms with Crippen LogP contribution < -0.4 is 0 Å². The van der Waals surface area contributed by atoms with E-state index in [-0.39, 0.29) is 0 Å². The second kappa shape index (κ2) is 3.48. The largest absolute Gasteiger partial charge is 0.357 e. The van der Waals surface area contributed by atoms with Crippen LogP contribution in [0.15, 0.2) is 48.8 Å². The Morgan fingerprint density at radius 3 is 2.38 bits per heavy atom. The van der Waals surface area contributed by atoms with Gasteiger partial charge >= 0.3 is 0 Å². The summed E-state index contributed by atoms with van der Waals surface area (Å²) in [5, 5.41) is 0. The van der Waals surface area contributed by atoms with E-state index >= 15 is 0 Å². The molecule has 0 atom stereocenters. The Kier molecular flexibility index (Phi) is 2.17. The minimum atomic E-state index is 1.03. The molecule has 1 heterocycles. The predicted molar refractivity (Wildman–Crippen MR) is 54.7 cm³/mol. The van der Waals surface area contributed by atoms with Crippen LogP contribution in [0.25, 0.3) is 0 Å². The van der Waals surface area contributed by atoms with Crippen LogP contribution in [0.2, 0.25) is 0 Å². The van der Waals surface area contributed by atoms with E-state index in [4.69, 9.17) is 0 Å². The molecule has 1 heteroatoms. The van der Waals surface area contributed by atoms with Gasteiger partial charge in [-0.1, -0.05) is 30.3 Å². The van der Waals surface area contributed by atoms with Gasteiger partial charge in [-0.3, -0.25) is 0 Å². The third-order valence-electron chi connectivity index (χ3n) is 2.14. The first-order valence-electron chi connectivity index (χ1n) is 4.49. The van der Waals surface area contributed by atoms with Crippen LogP contribution in [0.3, 0.4) is 0 Å². The summed E-state index contributed by atoms with van der Waals surface area (Å²) in [6.45, 7) is 0. The summed E-state index contributed by atoms with van der Waals surface area (Å²) in [4.78, 5) is 0. The molecule has 0 fully saturated rings. The van der Waals surface area contributed by atoms with Gasteiger partial charge in [-0.15, -0.1) is 0 Å². The predicted octanol–water partition coefficient (Wildman–Crippen LogP) is 2.62. The molecule has 2 rings (SSSR count). The van der Waals surface area contributed by atoms with E-state index in [9.17, 15) is 0 Å². The van der Waals surface area contributed by atoms with Gasteiger partial charge in [0.15, 0.2) is 0 Å². The zero-order valence-electron chi connectivity index (χ0n) is 7.77. The minimum Gasteiger partial charge on any atom is -0.357 e. The molecule has 2 aromatic rings. The van der Waals surface area contributed by atoms with Gasteiger partial charge in [0.2, 0.25) is 0 Å². The molecule has 0 saturated heterocycles. The molecule has 0 saturated carbocycles. The van der Waals surface area contributed by atoms with Crippen LogP contribution in [-0.2, 0) is 13.5 Å². The lowest BCUT2D eigenvalue weighted by molar-refractivity contribution is 0.921. The van der Waals surface area contributed by atoms with Crippen molar-refractivity contribution in [1.82, 2.24) is 4.57 Å². The highest BCUT2D eigenvalue weighted by molar-refractivity contribution is 5.23. The Bertz CT molecular complexity index is 373. The maximum Gasteiger partial charge on any atom is 0.0106 e. The molecule has 1 aromatic heterocycles. The summed E-state index contributed by atoms with van der Waals surface area (Å²) in [6, 6.07) is 12.7. The lowest BCUT2D eigenvalue weighted by atomic mass is 10.1. The van der Waals surface area contributed by atoms with Crippen LogP contribution in [0, 0.1) is 0 Å². The number of rotatable bonds is 2. The Balaban J connectivity index is 2.15. The summed E-state index contributed by atoms with van der Waals surface area (Å²) >= 11 is 0. The van der Waals surface area contributed by atoms with E-state index in [1.807, 2.05) is 0 Å². The molecule has 0 amide bonds. The average Bonchev–Trinajstić information content (AvgIpc) is 2.53. The van der Waals surface area contributed by atoms with E-state index in [1.54, 1.807) is 0 Å². The van der Waals surface area contributed by atoms with Crippen molar-refractivity contribution in [1.29, 1.82) is 0 Å². The maximum atomic E-state index is 2.16. The molecule has 0 aliphatic carbocycles. The van der Waals surface area contributed by atoms with Crippen molar-refractivity contribution >= 4 is 0 Å². The molecular formula is C12H13N. The average molecular weight is 171 g/mol. The standard InChI is InChI=1S/C12H13N/c1-13-8-7-12(10-13)9-11-5-3-2-4-6-11/h2-8,10H,9H2,1H3. The second-order valence-electron chi connectivity index (χ2n) is 3.35. The van der Waals surface area contributed by atoms with Gasteiger partial charge in [-0.2, -0.15) is 0 Å². The van der Waals surface area contributed by atoms with Crippen molar-refractivity contribution in [2.75, 3.05) is 0 Å². The van der Waals surface area contributed by atoms with Crippen molar-refractivity contribution < 1.29 is 0 Å². The fourth-order valence-corrected chi connectivity index (χ4v) is 1.50.